The van der Waals surface area contributed by atoms with Crippen LogP contribution in [0.1, 0.15) is 44.1 Å². The van der Waals surface area contributed by atoms with Crippen molar-refractivity contribution in [2.75, 3.05) is 0 Å². The van der Waals surface area contributed by atoms with Gasteiger partial charge in [-0.2, -0.15) is 0 Å². The van der Waals surface area contributed by atoms with Crippen LogP contribution in [-0.4, -0.2) is 16.9 Å². The number of halogens is 1. The normalized spacial score (nSPS) is 17.4. The van der Waals surface area contributed by atoms with Crippen LogP contribution < -0.4 is 0 Å². The number of rotatable bonds is 6. The summed E-state index contributed by atoms with van der Waals surface area (Å²) in [5.74, 6) is -1.27. The number of carbonyl (C=O) groups excluding carboxylic acids is 1. The molecule has 3 nitrogen and oxygen atoms in total. The molecule has 0 bridgehead atoms. The summed E-state index contributed by atoms with van der Waals surface area (Å²) in [6, 6.07) is 7.63. The highest BCUT2D eigenvalue weighted by Crippen LogP contribution is 2.27. The second kappa shape index (κ2) is 7.74. The van der Waals surface area contributed by atoms with Crippen molar-refractivity contribution in [3.63, 3.8) is 0 Å². The second-order valence-corrected chi connectivity index (χ2v) is 6.79. The van der Waals surface area contributed by atoms with Gasteiger partial charge in [-0.25, -0.2) is 0 Å². The van der Waals surface area contributed by atoms with Gasteiger partial charge in [0, 0.05) is 16.8 Å². The average molecular weight is 353 g/mol. The monoisotopic (exact) mass is 352 g/mol. The van der Waals surface area contributed by atoms with Crippen LogP contribution in [0.4, 0.5) is 0 Å². The predicted molar refractivity (Wildman–Crippen MR) is 85.2 cm³/mol. The average Bonchev–Trinajstić information content (AvgIpc) is 2.47. The van der Waals surface area contributed by atoms with Gasteiger partial charge in [0.2, 0.25) is 0 Å². The Labute approximate surface area is 133 Å². The molecule has 0 radical (unpaired) electrons. The fourth-order valence-corrected chi connectivity index (χ4v) is 3.48. The largest absolute Gasteiger partial charge is 0.481 e. The molecule has 21 heavy (non-hydrogen) atoms. The van der Waals surface area contributed by atoms with Crippen molar-refractivity contribution >= 4 is 27.7 Å². The molecule has 1 aromatic rings. The molecule has 0 amide bonds. The Morgan fingerprint density at radius 2 is 1.95 bits per heavy atom. The van der Waals surface area contributed by atoms with E-state index in [0.717, 1.165) is 35.7 Å². The lowest BCUT2D eigenvalue weighted by molar-refractivity contribution is -0.144. The molecular weight excluding hydrogens is 332 g/mol. The molecule has 1 fully saturated rings. The van der Waals surface area contributed by atoms with Gasteiger partial charge in [0.15, 0.2) is 0 Å². The molecule has 2 rings (SSSR count). The summed E-state index contributed by atoms with van der Waals surface area (Å²) in [5.41, 5.74) is 0.952. The van der Waals surface area contributed by atoms with Gasteiger partial charge in [0.1, 0.15) is 5.78 Å². The number of carboxylic acid groups (broad SMARTS) is 1. The summed E-state index contributed by atoms with van der Waals surface area (Å²) in [6.45, 7) is 0. The van der Waals surface area contributed by atoms with E-state index in [1.54, 1.807) is 0 Å². The van der Waals surface area contributed by atoms with E-state index in [1.165, 1.54) is 6.42 Å². The molecule has 114 valence electrons. The number of carbonyl (C=O) groups is 2. The summed E-state index contributed by atoms with van der Waals surface area (Å²) in [4.78, 5) is 23.7. The Balaban J connectivity index is 1.98. The maximum atomic E-state index is 12.3. The first kappa shape index (κ1) is 16.2. The summed E-state index contributed by atoms with van der Waals surface area (Å²) >= 11 is 3.39. The van der Waals surface area contributed by atoms with Crippen molar-refractivity contribution in [1.82, 2.24) is 0 Å². The van der Waals surface area contributed by atoms with Gasteiger partial charge in [-0.15, -0.1) is 0 Å². The van der Waals surface area contributed by atoms with E-state index in [2.05, 4.69) is 15.9 Å². The predicted octanol–water partition coefficient (Wildman–Crippen LogP) is 4.23. The molecule has 1 aliphatic rings. The van der Waals surface area contributed by atoms with Crippen molar-refractivity contribution in [3.05, 3.63) is 34.3 Å². The van der Waals surface area contributed by atoms with Crippen LogP contribution in [-0.2, 0) is 16.0 Å². The van der Waals surface area contributed by atoms with Crippen LogP contribution in [0.25, 0.3) is 0 Å². The number of carboxylic acids is 1. The van der Waals surface area contributed by atoms with E-state index in [0.29, 0.717) is 6.42 Å². The van der Waals surface area contributed by atoms with E-state index in [-0.39, 0.29) is 18.1 Å². The molecule has 0 saturated heterocycles. The van der Waals surface area contributed by atoms with Gasteiger partial charge in [0.05, 0.1) is 5.92 Å². The number of ketones is 1. The van der Waals surface area contributed by atoms with Gasteiger partial charge in [-0.3, -0.25) is 9.59 Å². The minimum atomic E-state index is -0.876. The van der Waals surface area contributed by atoms with Crippen molar-refractivity contribution < 1.29 is 14.7 Å². The van der Waals surface area contributed by atoms with Crippen molar-refractivity contribution in [1.29, 1.82) is 0 Å². The number of aliphatic carboxylic acids is 1. The number of hydrogen-bond acceptors (Lipinski definition) is 2. The van der Waals surface area contributed by atoms with Crippen molar-refractivity contribution in [2.24, 2.45) is 11.8 Å². The molecule has 1 aromatic carbocycles. The molecule has 1 N–H and O–H groups in total. The van der Waals surface area contributed by atoms with Crippen LogP contribution >= 0.6 is 15.9 Å². The minimum absolute atomic E-state index is 0.0862. The van der Waals surface area contributed by atoms with Gasteiger partial charge < -0.3 is 5.11 Å². The first-order valence-corrected chi connectivity index (χ1v) is 8.35. The lowest BCUT2D eigenvalue weighted by Crippen LogP contribution is -2.25. The summed E-state index contributed by atoms with van der Waals surface area (Å²) < 4.78 is 0.933. The molecule has 1 aliphatic carbocycles. The van der Waals surface area contributed by atoms with Crippen LogP contribution in [0.5, 0.6) is 0 Å². The van der Waals surface area contributed by atoms with E-state index < -0.39 is 11.9 Å². The Kier molecular flexibility index (Phi) is 5.97. The fourth-order valence-electron chi connectivity index (χ4n) is 3.03. The maximum Gasteiger partial charge on any atom is 0.307 e. The summed E-state index contributed by atoms with van der Waals surface area (Å²) in [6.07, 6.45) is 5.83. The Morgan fingerprint density at radius 3 is 2.57 bits per heavy atom. The lowest BCUT2D eigenvalue weighted by Gasteiger charge is -2.22. The van der Waals surface area contributed by atoms with Crippen LogP contribution in [0, 0.1) is 11.8 Å². The maximum absolute atomic E-state index is 12.3. The second-order valence-electron chi connectivity index (χ2n) is 5.87. The highest BCUT2D eigenvalue weighted by Gasteiger charge is 2.27. The highest BCUT2D eigenvalue weighted by molar-refractivity contribution is 9.10. The van der Waals surface area contributed by atoms with E-state index >= 15 is 0 Å². The SMILES string of the molecule is O=C(O)C(CC(=O)C1CCCCC1)Cc1cccc(Br)c1. The molecule has 4 heteroatoms. The van der Waals surface area contributed by atoms with Crippen LogP contribution in [0.3, 0.4) is 0 Å². The Hall–Kier alpha value is -1.16. The molecular formula is C17H21BrO3. The standard InChI is InChI=1S/C17H21BrO3/c18-15-8-4-5-12(10-15)9-14(17(20)21)11-16(19)13-6-2-1-3-7-13/h4-5,8,10,13-14H,1-3,6-7,9,11H2,(H,20,21). The van der Waals surface area contributed by atoms with E-state index in [4.69, 9.17) is 0 Å². The third-order valence-corrected chi connectivity index (χ3v) is 4.72. The zero-order chi connectivity index (χ0) is 15.2. The number of Topliss-reactive ketones (excluding diaryl/α,β-unsaturated/α-hetero) is 1. The molecule has 1 unspecified atom stereocenters. The van der Waals surface area contributed by atoms with Gasteiger partial charge in [0.25, 0.3) is 0 Å². The molecule has 1 saturated carbocycles. The number of hydrogen-bond donors (Lipinski definition) is 1. The van der Waals surface area contributed by atoms with E-state index in [9.17, 15) is 14.7 Å². The van der Waals surface area contributed by atoms with Crippen LogP contribution in [0.15, 0.2) is 28.7 Å². The Morgan fingerprint density at radius 1 is 1.24 bits per heavy atom. The minimum Gasteiger partial charge on any atom is -0.481 e. The molecule has 0 aliphatic heterocycles. The zero-order valence-corrected chi connectivity index (χ0v) is 13.6. The van der Waals surface area contributed by atoms with Crippen molar-refractivity contribution in [2.45, 2.75) is 44.9 Å². The van der Waals surface area contributed by atoms with Crippen LogP contribution in [0.2, 0.25) is 0 Å². The first-order valence-electron chi connectivity index (χ1n) is 7.56. The quantitative estimate of drug-likeness (QED) is 0.833. The molecule has 0 heterocycles. The lowest BCUT2D eigenvalue weighted by atomic mass is 9.82. The number of benzene rings is 1. The summed E-state index contributed by atoms with van der Waals surface area (Å²) in [5, 5.41) is 9.39. The summed E-state index contributed by atoms with van der Waals surface area (Å²) in [7, 11) is 0. The van der Waals surface area contributed by atoms with Gasteiger partial charge in [-0.05, 0) is 37.0 Å². The zero-order valence-electron chi connectivity index (χ0n) is 12.1. The highest BCUT2D eigenvalue weighted by atomic mass is 79.9. The van der Waals surface area contributed by atoms with Crippen molar-refractivity contribution in [3.8, 4) is 0 Å². The van der Waals surface area contributed by atoms with Gasteiger partial charge >= 0.3 is 5.97 Å². The third kappa shape index (κ3) is 4.95. The molecule has 0 spiro atoms. The van der Waals surface area contributed by atoms with Gasteiger partial charge in [-0.1, -0.05) is 47.3 Å². The topological polar surface area (TPSA) is 54.4 Å². The third-order valence-electron chi connectivity index (χ3n) is 4.23. The molecule has 1 atom stereocenters. The van der Waals surface area contributed by atoms with E-state index in [1.807, 2.05) is 24.3 Å². The molecule has 0 aromatic heterocycles. The Bertz CT molecular complexity index is 507. The fraction of sp³-hybridized carbons (Fsp3) is 0.529. The first-order chi connectivity index (χ1) is 10.1. The smallest absolute Gasteiger partial charge is 0.307 e.